The highest BCUT2D eigenvalue weighted by Gasteiger charge is 2.30. The summed E-state index contributed by atoms with van der Waals surface area (Å²) in [4.78, 5) is 22.7. The third-order valence-corrected chi connectivity index (χ3v) is 2.41. The molecule has 0 radical (unpaired) electrons. The van der Waals surface area contributed by atoms with E-state index in [1.165, 1.54) is 7.11 Å². The molecule has 6 heteroatoms. The van der Waals surface area contributed by atoms with Crippen molar-refractivity contribution >= 4 is 11.9 Å². The maximum atomic E-state index is 11.4. The number of esters is 2. The number of carbonyl (C=O) groups excluding carboxylic acids is 2. The minimum absolute atomic E-state index is 0.0840. The number of methoxy groups -OCH3 is 1. The van der Waals surface area contributed by atoms with Crippen LogP contribution in [0.4, 0.5) is 0 Å². The van der Waals surface area contributed by atoms with Crippen molar-refractivity contribution in [3.05, 3.63) is 11.3 Å². The Kier molecular flexibility index (Phi) is 4.52. The monoisotopic (exact) mass is 238 g/mol. The normalized spacial score (nSPS) is 21.1. The average Bonchev–Trinajstić information content (AvgIpc) is 2.79. The Bertz CT molecular complexity index is 395. The second-order valence-electron chi connectivity index (χ2n) is 3.44. The van der Waals surface area contributed by atoms with Gasteiger partial charge in [0.1, 0.15) is 12.1 Å². The Morgan fingerprint density at radius 2 is 2.29 bits per heavy atom. The summed E-state index contributed by atoms with van der Waals surface area (Å²) in [7, 11) is 1.21. The Hall–Kier alpha value is -2.03. The first kappa shape index (κ1) is 13.0. The highest BCUT2D eigenvalue weighted by molar-refractivity contribution is 5.93. The molecular weight excluding hydrogens is 224 g/mol. The van der Waals surface area contributed by atoms with E-state index in [4.69, 9.17) is 10.00 Å². The Morgan fingerprint density at radius 1 is 1.59 bits per heavy atom. The van der Waals surface area contributed by atoms with E-state index >= 15 is 0 Å². The molecule has 1 fully saturated rings. The first-order valence-electron chi connectivity index (χ1n) is 5.28. The van der Waals surface area contributed by atoms with Gasteiger partial charge in [-0.25, -0.2) is 9.59 Å². The number of carbonyl (C=O) groups is 2. The summed E-state index contributed by atoms with van der Waals surface area (Å²) in [5.41, 5.74) is 0.358. The van der Waals surface area contributed by atoms with Gasteiger partial charge in [0, 0.05) is 5.70 Å². The summed E-state index contributed by atoms with van der Waals surface area (Å²) in [6.07, 6.45) is 0.970. The van der Waals surface area contributed by atoms with E-state index in [1.807, 2.05) is 0 Å². The number of ether oxygens (including phenoxy) is 2. The number of hydrogen-bond acceptors (Lipinski definition) is 6. The number of nitrogens with zero attached hydrogens (tertiary/aromatic N) is 1. The topological polar surface area (TPSA) is 88.4 Å². The number of hydrogen-bond donors (Lipinski definition) is 1. The van der Waals surface area contributed by atoms with Crippen LogP contribution in [-0.4, -0.2) is 31.7 Å². The summed E-state index contributed by atoms with van der Waals surface area (Å²) in [6, 6.07) is 1.29. The Balaban J connectivity index is 2.78. The molecule has 17 heavy (non-hydrogen) atoms. The lowest BCUT2D eigenvalue weighted by molar-refractivity contribution is -0.145. The highest BCUT2D eigenvalue weighted by atomic mass is 16.5. The summed E-state index contributed by atoms with van der Waals surface area (Å²) in [5, 5.41) is 11.7. The van der Waals surface area contributed by atoms with Crippen LogP contribution in [0.1, 0.15) is 19.8 Å². The first-order valence-corrected chi connectivity index (χ1v) is 5.28. The molecule has 0 bridgehead atoms. The van der Waals surface area contributed by atoms with Gasteiger partial charge in [0.2, 0.25) is 0 Å². The fraction of sp³-hybridized carbons (Fsp3) is 0.545. The molecule has 0 aromatic carbocycles. The zero-order valence-electron chi connectivity index (χ0n) is 9.78. The second kappa shape index (κ2) is 5.89. The Morgan fingerprint density at radius 3 is 2.82 bits per heavy atom. The summed E-state index contributed by atoms with van der Waals surface area (Å²) >= 11 is 0. The van der Waals surface area contributed by atoms with Crippen molar-refractivity contribution < 1.29 is 19.1 Å². The van der Waals surface area contributed by atoms with Crippen molar-refractivity contribution in [2.75, 3.05) is 13.7 Å². The molecule has 0 aromatic rings. The van der Waals surface area contributed by atoms with Crippen molar-refractivity contribution in [1.82, 2.24) is 5.32 Å². The van der Waals surface area contributed by atoms with Gasteiger partial charge in [0.25, 0.3) is 0 Å². The van der Waals surface area contributed by atoms with Crippen molar-refractivity contribution in [2.45, 2.75) is 25.8 Å². The minimum atomic E-state index is -0.695. The fourth-order valence-corrected chi connectivity index (χ4v) is 1.60. The van der Waals surface area contributed by atoms with E-state index in [0.717, 1.165) is 0 Å². The lowest BCUT2D eigenvalue weighted by Crippen LogP contribution is -2.32. The maximum absolute atomic E-state index is 11.4. The zero-order chi connectivity index (χ0) is 12.8. The lowest BCUT2D eigenvalue weighted by atomic mass is 10.2. The number of nitriles is 1. The second-order valence-corrected chi connectivity index (χ2v) is 3.44. The molecule has 0 aromatic heterocycles. The molecule has 0 aliphatic carbocycles. The molecule has 0 spiro atoms. The first-order chi connectivity index (χ1) is 8.13. The van der Waals surface area contributed by atoms with Crippen LogP contribution < -0.4 is 5.32 Å². The predicted molar refractivity (Wildman–Crippen MR) is 57.4 cm³/mol. The molecule has 1 saturated heterocycles. The lowest BCUT2D eigenvalue weighted by Gasteiger charge is -2.10. The third-order valence-electron chi connectivity index (χ3n) is 2.41. The van der Waals surface area contributed by atoms with Crippen LogP contribution in [0.2, 0.25) is 0 Å². The third kappa shape index (κ3) is 2.97. The van der Waals surface area contributed by atoms with Gasteiger partial charge in [-0.15, -0.1) is 0 Å². The molecule has 1 aliphatic rings. The SMILES string of the molecule is CCOC(=O)[C@H]1CC/C(=C(/C#N)C(=O)OC)N1. The zero-order valence-corrected chi connectivity index (χ0v) is 9.78. The van der Waals surface area contributed by atoms with Crippen LogP contribution in [0.15, 0.2) is 11.3 Å². The van der Waals surface area contributed by atoms with Gasteiger partial charge in [-0.3, -0.25) is 0 Å². The van der Waals surface area contributed by atoms with E-state index in [9.17, 15) is 9.59 Å². The van der Waals surface area contributed by atoms with Gasteiger partial charge in [0.05, 0.1) is 13.7 Å². The largest absolute Gasteiger partial charge is 0.465 e. The summed E-state index contributed by atoms with van der Waals surface area (Å²) in [5.74, 6) is -1.07. The van der Waals surface area contributed by atoms with Crippen molar-refractivity contribution in [1.29, 1.82) is 5.26 Å². The van der Waals surface area contributed by atoms with Crippen LogP contribution in [0.25, 0.3) is 0 Å². The maximum Gasteiger partial charge on any atom is 0.350 e. The Labute approximate surface area is 99.2 Å². The van der Waals surface area contributed by atoms with E-state index in [1.54, 1.807) is 13.0 Å². The van der Waals surface area contributed by atoms with Gasteiger partial charge >= 0.3 is 11.9 Å². The number of nitrogens with one attached hydrogen (secondary N) is 1. The van der Waals surface area contributed by atoms with Crippen LogP contribution >= 0.6 is 0 Å². The predicted octanol–water partition coefficient (Wildman–Crippen LogP) is 0.252. The molecular formula is C11H14N2O4. The van der Waals surface area contributed by atoms with Gasteiger partial charge in [-0.2, -0.15) is 5.26 Å². The molecule has 1 atom stereocenters. The quantitative estimate of drug-likeness (QED) is 0.431. The van der Waals surface area contributed by atoms with Gasteiger partial charge < -0.3 is 14.8 Å². The molecule has 0 unspecified atom stereocenters. The van der Waals surface area contributed by atoms with Crippen LogP contribution in [-0.2, 0) is 19.1 Å². The van der Waals surface area contributed by atoms with Gasteiger partial charge in [-0.05, 0) is 19.8 Å². The molecule has 1 heterocycles. The van der Waals surface area contributed by atoms with E-state index in [0.29, 0.717) is 25.1 Å². The number of allylic oxidation sites excluding steroid dienone is 1. The van der Waals surface area contributed by atoms with Crippen molar-refractivity contribution in [3.63, 3.8) is 0 Å². The molecule has 0 saturated carbocycles. The molecule has 1 N–H and O–H groups in total. The molecule has 6 nitrogen and oxygen atoms in total. The van der Waals surface area contributed by atoms with Crippen LogP contribution in [0.5, 0.6) is 0 Å². The standard InChI is InChI=1S/C11H14N2O4/c1-3-17-11(15)9-5-4-8(13-9)7(6-12)10(14)16-2/h9,13H,3-5H2,1-2H3/b8-7+/t9-/m1/s1. The molecule has 1 aliphatic heterocycles. The van der Waals surface area contributed by atoms with Crippen LogP contribution in [0.3, 0.4) is 0 Å². The highest BCUT2D eigenvalue weighted by Crippen LogP contribution is 2.20. The molecule has 1 rings (SSSR count). The summed E-state index contributed by atoms with van der Waals surface area (Å²) < 4.78 is 9.33. The number of rotatable bonds is 3. The van der Waals surface area contributed by atoms with Crippen molar-refractivity contribution in [2.24, 2.45) is 0 Å². The smallest absolute Gasteiger partial charge is 0.350 e. The van der Waals surface area contributed by atoms with Gasteiger partial charge in [0.15, 0.2) is 5.57 Å². The van der Waals surface area contributed by atoms with Gasteiger partial charge in [-0.1, -0.05) is 0 Å². The average molecular weight is 238 g/mol. The fourth-order valence-electron chi connectivity index (χ4n) is 1.60. The molecule has 0 amide bonds. The van der Waals surface area contributed by atoms with E-state index in [2.05, 4.69) is 10.1 Å². The summed E-state index contributed by atoms with van der Waals surface area (Å²) in [6.45, 7) is 2.02. The van der Waals surface area contributed by atoms with Crippen LogP contribution in [0, 0.1) is 11.3 Å². The van der Waals surface area contributed by atoms with Crippen molar-refractivity contribution in [3.8, 4) is 6.07 Å². The molecule has 92 valence electrons. The minimum Gasteiger partial charge on any atom is -0.465 e. The van der Waals surface area contributed by atoms with E-state index in [-0.39, 0.29) is 11.5 Å². The van der Waals surface area contributed by atoms with E-state index < -0.39 is 12.0 Å².